The Balaban J connectivity index is 0.931. The summed E-state index contributed by atoms with van der Waals surface area (Å²) in [5, 5.41) is 35.9. The number of carboxylic acid groups (broad SMARTS) is 1. The van der Waals surface area contributed by atoms with Gasteiger partial charge in [-0.3, -0.25) is 62.4 Å². The van der Waals surface area contributed by atoms with E-state index < -0.39 is 137 Å². The molecule has 0 aromatic rings. The number of fused-ring (bicyclic) bond motifs is 5. The minimum Gasteiger partial charge on any atom is -0.481 e. The number of hydrogen-bond donors (Lipinski definition) is 8. The number of nitrogens with zero attached hydrogens (tertiary/aromatic N) is 1. The van der Waals surface area contributed by atoms with E-state index in [-0.39, 0.29) is 131 Å². The van der Waals surface area contributed by atoms with Crippen LogP contribution in [0.5, 0.6) is 0 Å². The number of amides is 8. The zero-order valence-corrected chi connectivity index (χ0v) is 52.7. The van der Waals surface area contributed by atoms with Crippen molar-refractivity contribution in [2.24, 2.45) is 28.6 Å². The second-order valence-corrected chi connectivity index (χ2v) is 24.2. The molecule has 86 heavy (non-hydrogen) atoms. The van der Waals surface area contributed by atoms with E-state index in [0.29, 0.717) is 19.3 Å². The van der Waals surface area contributed by atoms with Crippen LogP contribution in [0.2, 0.25) is 0 Å². The van der Waals surface area contributed by atoms with Gasteiger partial charge < -0.3 is 70.5 Å². The van der Waals surface area contributed by atoms with E-state index in [1.165, 1.54) is 13.0 Å². The second-order valence-electron chi connectivity index (χ2n) is 21.9. The van der Waals surface area contributed by atoms with E-state index in [2.05, 4.69) is 63.8 Å². The van der Waals surface area contributed by atoms with Crippen LogP contribution in [-0.4, -0.2) is 207 Å². The molecule has 0 saturated heterocycles. The van der Waals surface area contributed by atoms with Crippen molar-refractivity contribution >= 4 is 114 Å². The number of ketones is 2. The molecule has 0 aromatic carbocycles. The van der Waals surface area contributed by atoms with E-state index in [0.717, 1.165) is 10.5 Å². The number of Topliss-reactive ketones (excluding diaryl/α,β-unsaturated/α-hetero) is 1. The Labute approximate surface area is 519 Å². The minimum atomic E-state index is -1.73. The second kappa shape index (κ2) is 32.6. The summed E-state index contributed by atoms with van der Waals surface area (Å²) in [4.78, 5) is 151. The molecule has 0 aromatic heterocycles. The zero-order chi connectivity index (χ0) is 63.6. The molecule has 1 unspecified atom stereocenters. The average molecular weight is 1360 g/mol. The molecule has 3 fully saturated rings. The number of carboxylic acids is 1. The monoisotopic (exact) mass is 1360 g/mol. The van der Waals surface area contributed by atoms with Crippen LogP contribution in [0.25, 0.3) is 0 Å². The zero-order valence-electron chi connectivity index (χ0n) is 48.8. The summed E-state index contributed by atoms with van der Waals surface area (Å²) in [6, 6.07) is -2.72. The van der Waals surface area contributed by atoms with Gasteiger partial charge in [0.1, 0.15) is 34.4 Å². The van der Waals surface area contributed by atoms with Gasteiger partial charge in [0, 0.05) is 55.5 Å². The summed E-state index contributed by atoms with van der Waals surface area (Å²) in [7, 11) is 0. The Bertz CT molecular complexity index is 2660. The van der Waals surface area contributed by atoms with Crippen LogP contribution in [-0.2, 0) is 86.0 Å². The van der Waals surface area contributed by atoms with Gasteiger partial charge in [-0.25, -0.2) is 0 Å². The lowest BCUT2D eigenvalue weighted by atomic mass is 9.45. The van der Waals surface area contributed by atoms with Crippen molar-refractivity contribution in [3.8, 4) is 0 Å². The quantitative estimate of drug-likeness (QED) is 0.0140. The molecule has 5 aliphatic rings. The molecule has 0 radical (unpaired) electrons. The molecule has 1 heterocycles. The highest BCUT2D eigenvalue weighted by Gasteiger charge is 2.76. The number of carbonyl (C=O) groups excluding carboxylic acids is 11. The lowest BCUT2D eigenvalue weighted by Gasteiger charge is -2.64. The van der Waals surface area contributed by atoms with Crippen molar-refractivity contribution in [1.82, 2.24) is 36.8 Å². The minimum absolute atomic E-state index is 0.00648. The first kappa shape index (κ1) is 71.2. The number of aliphatic hydroxyl groups excluding tert-OH is 1. The fourth-order valence-corrected chi connectivity index (χ4v) is 13.3. The van der Waals surface area contributed by atoms with Gasteiger partial charge >= 0.3 is 11.9 Å². The van der Waals surface area contributed by atoms with Crippen molar-refractivity contribution < 1.29 is 96.2 Å². The van der Waals surface area contributed by atoms with Gasteiger partial charge in [-0.05, 0) is 94.9 Å². The first-order chi connectivity index (χ1) is 40.7. The lowest BCUT2D eigenvalue weighted by Crippen LogP contribution is -2.69. The predicted molar refractivity (Wildman–Crippen MR) is 310 cm³/mol. The van der Waals surface area contributed by atoms with Crippen LogP contribution in [0.15, 0.2) is 32.8 Å². The Morgan fingerprint density at radius 2 is 1.36 bits per heavy atom. The van der Waals surface area contributed by atoms with E-state index in [1.807, 2.05) is 20.8 Å². The maximum atomic E-state index is 14.5. The Hall–Kier alpha value is -5.53. The fourth-order valence-electron chi connectivity index (χ4n) is 12.1. The highest BCUT2D eigenvalue weighted by atomic mass is 79.9. The first-order valence-corrected chi connectivity index (χ1v) is 30.4. The van der Waals surface area contributed by atoms with Gasteiger partial charge in [-0.2, -0.15) is 0 Å². The number of aliphatic hydroxyl groups is 1. The van der Waals surface area contributed by atoms with Crippen LogP contribution in [0.1, 0.15) is 92.4 Å². The normalized spacial score (nSPS) is 26.3. The number of nitrogens with one attached hydrogen (secondary N) is 6. The van der Waals surface area contributed by atoms with E-state index in [4.69, 9.17) is 40.0 Å². The number of allylic oxidation sites excluding steroid dienone is 4. The topological polar surface area (TPSA) is 376 Å². The number of halogens is 3. The fraction of sp³-hybridized carbons (Fsp3) is 0.679. The smallest absolute Gasteiger partial charge is 0.306 e. The molecule has 0 spiro atoms. The number of aliphatic carboxylic acids is 1. The van der Waals surface area contributed by atoms with Crippen molar-refractivity contribution in [3.63, 3.8) is 0 Å². The molecule has 10 atom stereocenters. The van der Waals surface area contributed by atoms with Crippen LogP contribution in [0.3, 0.4) is 0 Å². The number of imide groups is 1. The molecule has 5 rings (SSSR count). The SMILES string of the molecule is CCC(=O)O[C@]1(C(=O)COCNC(=O)CNC(=O)[C@H](C)NC(=O)[C@H](CCC(=O)O)NC(=O)CNC(=O)CCOCCOCCOCCOCCNC(=O)CCN2C(=O)C(Br)=C(Br)C2=O)[C@@H](C)CC2[C@@H]3CCC4=CC(=O)C=C[C@]4(C)[C@@]3(Cl)[C@@H](O)C[C@@]21C. The highest BCUT2D eigenvalue weighted by molar-refractivity contribution is 9.14. The largest absolute Gasteiger partial charge is 0.481 e. The summed E-state index contributed by atoms with van der Waals surface area (Å²) >= 11 is 13.7. The van der Waals surface area contributed by atoms with Crippen LogP contribution in [0, 0.1) is 28.6 Å². The molecular weight excluding hydrogens is 1290 g/mol. The number of ether oxygens (including phenoxy) is 6. The predicted octanol–water partition coefficient (Wildman–Crippen LogP) is 0.644. The van der Waals surface area contributed by atoms with Crippen LogP contribution >= 0.6 is 43.5 Å². The Kier molecular flexibility index (Phi) is 27.0. The molecule has 8 amide bonds. The van der Waals surface area contributed by atoms with Gasteiger partial charge in [-0.1, -0.05) is 39.3 Å². The summed E-state index contributed by atoms with van der Waals surface area (Å²) in [6.45, 7) is 7.99. The van der Waals surface area contributed by atoms with Crippen molar-refractivity contribution in [2.75, 3.05) is 92.4 Å². The molecule has 0 bridgehead atoms. The molecule has 27 nitrogen and oxygen atoms in total. The number of carbonyl (C=O) groups is 12. The number of hydrogen-bond acceptors (Lipinski definition) is 19. The van der Waals surface area contributed by atoms with Gasteiger partial charge in [-0.15, -0.1) is 11.6 Å². The maximum Gasteiger partial charge on any atom is 0.306 e. The van der Waals surface area contributed by atoms with Crippen molar-refractivity contribution in [2.45, 2.75) is 121 Å². The van der Waals surface area contributed by atoms with Gasteiger partial charge in [0.2, 0.25) is 41.2 Å². The van der Waals surface area contributed by atoms with Crippen LogP contribution in [0.4, 0.5) is 0 Å². The average Bonchev–Trinajstić information content (AvgIpc) is 1.34. The van der Waals surface area contributed by atoms with Crippen LogP contribution < -0.4 is 31.9 Å². The number of esters is 1. The first-order valence-electron chi connectivity index (χ1n) is 28.4. The molecule has 8 N–H and O–H groups in total. The Morgan fingerprint density at radius 3 is 1.99 bits per heavy atom. The summed E-state index contributed by atoms with van der Waals surface area (Å²) < 4.78 is 33.7. The van der Waals surface area contributed by atoms with Gasteiger partial charge in [0.15, 0.2) is 11.4 Å². The van der Waals surface area contributed by atoms with Crippen molar-refractivity contribution in [1.29, 1.82) is 0 Å². The standard InChI is InChI=1S/C56H78Br2ClN7O20/c1-6-46(76)86-56(32(2)25-37-36-8-7-34-26-35(67)11-14-53(34,4)55(36,59)39(68)27-54(37,56)5)40(69)30-85-31-63-43(72)28-62-49(77)33(3)64-50(78)38(9-10-45(74)75)65-44(73)29-61-42(71)13-17-81-19-21-83-23-24-84-22-20-82-18-15-60-41(70)12-16-66-51(79)47(57)48(58)52(66)80/h11,14,26,32-33,36-39,68H,6-10,12-13,15-25,27-31H2,1-5H3,(H,60,70)(H,61,71)(H,62,77)(H,63,72)(H,64,78)(H,65,73)(H,74,75)/t32-,33-,36-,37?,38-,39-,53-,54-,55-,56-/m0/s1. The molecule has 3 saturated carbocycles. The van der Waals surface area contributed by atoms with E-state index >= 15 is 0 Å². The summed E-state index contributed by atoms with van der Waals surface area (Å²) in [6.07, 6.45) is 4.07. The Morgan fingerprint density at radius 1 is 0.756 bits per heavy atom. The number of rotatable bonds is 36. The molecule has 30 heteroatoms. The molecular formula is C56H78Br2ClN7O20. The van der Waals surface area contributed by atoms with Gasteiger partial charge in [0.25, 0.3) is 11.8 Å². The lowest BCUT2D eigenvalue weighted by molar-refractivity contribution is -0.203. The van der Waals surface area contributed by atoms with E-state index in [9.17, 15) is 67.7 Å². The maximum absolute atomic E-state index is 14.5. The highest BCUT2D eigenvalue weighted by Crippen LogP contribution is 2.72. The summed E-state index contributed by atoms with van der Waals surface area (Å²) in [5.41, 5.74) is -2.82. The molecule has 478 valence electrons. The third-order valence-corrected chi connectivity index (χ3v) is 19.4. The molecule has 4 aliphatic carbocycles. The van der Waals surface area contributed by atoms with Crippen molar-refractivity contribution in [3.05, 3.63) is 32.8 Å². The van der Waals surface area contributed by atoms with E-state index in [1.54, 1.807) is 19.1 Å². The summed E-state index contributed by atoms with van der Waals surface area (Å²) in [5.74, 6) is -8.99. The number of alkyl halides is 1. The molecule has 1 aliphatic heterocycles. The van der Waals surface area contributed by atoms with Gasteiger partial charge in [0.05, 0.1) is 76.9 Å². The third kappa shape index (κ3) is 17.4. The third-order valence-electron chi connectivity index (χ3n) is 16.5.